The lowest BCUT2D eigenvalue weighted by molar-refractivity contribution is 0.0536. The number of hydrogen-bond acceptors (Lipinski definition) is 3. The minimum atomic E-state index is -0.774. The van der Waals surface area contributed by atoms with Crippen LogP contribution < -0.4 is 10.5 Å². The van der Waals surface area contributed by atoms with Gasteiger partial charge in [-0.15, -0.1) is 0 Å². The molecule has 3 N–H and O–H groups in total. The fraction of sp³-hybridized carbons (Fsp3) is 0.625. The van der Waals surface area contributed by atoms with Gasteiger partial charge in [-0.05, 0) is 49.8 Å². The van der Waals surface area contributed by atoms with Gasteiger partial charge in [-0.3, -0.25) is 0 Å². The van der Waals surface area contributed by atoms with E-state index in [9.17, 15) is 5.11 Å². The molecule has 108 valence electrons. The Bertz CT molecular complexity index is 360. The lowest BCUT2D eigenvalue weighted by Crippen LogP contribution is -2.34. The van der Waals surface area contributed by atoms with Crippen LogP contribution >= 0.6 is 0 Å². The Hall–Kier alpha value is -1.06. The smallest absolute Gasteiger partial charge is 0.119 e. The Morgan fingerprint density at radius 3 is 2.47 bits per heavy atom. The average Bonchev–Trinajstić information content (AvgIpc) is 2.43. The van der Waals surface area contributed by atoms with Crippen LogP contribution in [0.15, 0.2) is 24.3 Å². The zero-order chi connectivity index (χ0) is 14.3. The Morgan fingerprint density at radius 1 is 1.32 bits per heavy atom. The molecule has 0 aliphatic rings. The second-order valence-electron chi connectivity index (χ2n) is 5.53. The third-order valence-corrected chi connectivity index (χ3v) is 3.63. The summed E-state index contributed by atoms with van der Waals surface area (Å²) in [6.07, 6.45) is 2.61. The summed E-state index contributed by atoms with van der Waals surface area (Å²) >= 11 is 0. The first-order chi connectivity index (χ1) is 8.98. The van der Waals surface area contributed by atoms with Crippen LogP contribution in [0.1, 0.15) is 51.5 Å². The molecular formula is C16H27NO2. The first-order valence-corrected chi connectivity index (χ1v) is 7.13. The van der Waals surface area contributed by atoms with Gasteiger partial charge in [0.15, 0.2) is 0 Å². The van der Waals surface area contributed by atoms with Gasteiger partial charge in [0.05, 0.1) is 12.2 Å². The van der Waals surface area contributed by atoms with E-state index in [2.05, 4.69) is 26.0 Å². The van der Waals surface area contributed by atoms with Crippen molar-refractivity contribution in [2.45, 2.75) is 51.6 Å². The van der Waals surface area contributed by atoms with Crippen LogP contribution in [0, 0.1) is 0 Å². The molecule has 1 aromatic rings. The molecule has 2 unspecified atom stereocenters. The van der Waals surface area contributed by atoms with Gasteiger partial charge in [-0.1, -0.05) is 26.0 Å². The highest BCUT2D eigenvalue weighted by Crippen LogP contribution is 2.21. The number of rotatable bonds is 8. The van der Waals surface area contributed by atoms with Crippen molar-refractivity contribution in [3.8, 4) is 5.75 Å². The topological polar surface area (TPSA) is 55.5 Å². The van der Waals surface area contributed by atoms with Crippen molar-refractivity contribution in [1.29, 1.82) is 0 Å². The highest BCUT2D eigenvalue weighted by molar-refractivity contribution is 5.29. The van der Waals surface area contributed by atoms with Crippen molar-refractivity contribution >= 4 is 0 Å². The molecule has 0 spiro atoms. The third-order valence-electron chi connectivity index (χ3n) is 3.63. The highest BCUT2D eigenvalue weighted by atomic mass is 16.5. The van der Waals surface area contributed by atoms with Crippen molar-refractivity contribution in [1.82, 2.24) is 0 Å². The largest absolute Gasteiger partial charge is 0.494 e. The Kier molecular flexibility index (Phi) is 6.32. The molecule has 0 saturated carbocycles. The Balaban J connectivity index is 2.34. The van der Waals surface area contributed by atoms with Gasteiger partial charge in [0.2, 0.25) is 0 Å². The molecule has 0 aliphatic carbocycles. The fourth-order valence-electron chi connectivity index (χ4n) is 1.87. The summed E-state index contributed by atoms with van der Waals surface area (Å²) in [6, 6.07) is 8.28. The molecule has 3 nitrogen and oxygen atoms in total. The van der Waals surface area contributed by atoms with E-state index in [1.54, 1.807) is 6.92 Å². The quantitative estimate of drug-likeness (QED) is 0.710. The maximum absolute atomic E-state index is 9.76. The maximum atomic E-state index is 9.76. The van der Waals surface area contributed by atoms with E-state index in [4.69, 9.17) is 10.5 Å². The number of nitrogens with two attached hydrogens (primary N) is 1. The highest BCUT2D eigenvalue weighted by Gasteiger charge is 2.16. The molecule has 19 heavy (non-hydrogen) atoms. The second kappa shape index (κ2) is 7.51. The van der Waals surface area contributed by atoms with E-state index < -0.39 is 5.60 Å². The predicted molar refractivity (Wildman–Crippen MR) is 79.6 cm³/mol. The molecule has 0 amide bonds. The number of ether oxygens (including phenoxy) is 1. The standard InChI is InChI=1S/C16H27NO2/c1-4-13(2)14-6-8-15(9-7-14)19-11-5-10-16(3,18)12-17/h6-9,13,18H,4-5,10-12,17H2,1-3H3. The molecule has 0 fully saturated rings. The van der Waals surface area contributed by atoms with E-state index in [1.807, 2.05) is 12.1 Å². The predicted octanol–water partition coefficient (Wildman–Crippen LogP) is 3.07. The summed E-state index contributed by atoms with van der Waals surface area (Å²) < 4.78 is 5.66. The van der Waals surface area contributed by atoms with E-state index in [0.29, 0.717) is 18.9 Å². The van der Waals surface area contributed by atoms with Crippen molar-refractivity contribution in [2.75, 3.05) is 13.2 Å². The molecular weight excluding hydrogens is 238 g/mol. The van der Waals surface area contributed by atoms with Crippen LogP contribution in [-0.2, 0) is 0 Å². The van der Waals surface area contributed by atoms with E-state index in [-0.39, 0.29) is 6.54 Å². The SMILES string of the molecule is CCC(C)c1ccc(OCCCC(C)(O)CN)cc1. The zero-order valence-corrected chi connectivity index (χ0v) is 12.4. The minimum Gasteiger partial charge on any atom is -0.494 e. The molecule has 3 heteroatoms. The monoisotopic (exact) mass is 265 g/mol. The summed E-state index contributed by atoms with van der Waals surface area (Å²) in [7, 11) is 0. The van der Waals surface area contributed by atoms with Gasteiger partial charge >= 0.3 is 0 Å². The van der Waals surface area contributed by atoms with Crippen molar-refractivity contribution in [2.24, 2.45) is 5.73 Å². The van der Waals surface area contributed by atoms with Crippen LogP contribution in [0.2, 0.25) is 0 Å². The van der Waals surface area contributed by atoms with E-state index in [0.717, 1.165) is 18.6 Å². The second-order valence-corrected chi connectivity index (χ2v) is 5.53. The average molecular weight is 265 g/mol. The Morgan fingerprint density at radius 2 is 1.95 bits per heavy atom. The zero-order valence-electron chi connectivity index (χ0n) is 12.4. The minimum absolute atomic E-state index is 0.288. The molecule has 0 aromatic heterocycles. The molecule has 0 saturated heterocycles. The van der Waals surface area contributed by atoms with Crippen LogP contribution in [0.25, 0.3) is 0 Å². The van der Waals surface area contributed by atoms with Gasteiger partial charge in [0, 0.05) is 6.54 Å². The van der Waals surface area contributed by atoms with Crippen LogP contribution in [0.3, 0.4) is 0 Å². The Labute approximate surface area is 116 Å². The molecule has 1 rings (SSSR count). The molecule has 0 heterocycles. The lowest BCUT2D eigenvalue weighted by Gasteiger charge is -2.20. The van der Waals surface area contributed by atoms with Gasteiger partial charge in [-0.25, -0.2) is 0 Å². The van der Waals surface area contributed by atoms with E-state index >= 15 is 0 Å². The van der Waals surface area contributed by atoms with Crippen LogP contribution in [-0.4, -0.2) is 23.9 Å². The van der Waals surface area contributed by atoms with Gasteiger partial charge in [0.1, 0.15) is 5.75 Å². The summed E-state index contributed by atoms with van der Waals surface area (Å²) in [6.45, 7) is 7.08. The van der Waals surface area contributed by atoms with Gasteiger partial charge < -0.3 is 15.6 Å². The molecule has 0 aliphatic heterocycles. The van der Waals surface area contributed by atoms with Gasteiger partial charge in [-0.2, -0.15) is 0 Å². The number of hydrogen-bond donors (Lipinski definition) is 2. The molecule has 1 aromatic carbocycles. The number of aliphatic hydroxyl groups is 1. The first-order valence-electron chi connectivity index (χ1n) is 7.13. The maximum Gasteiger partial charge on any atom is 0.119 e. The van der Waals surface area contributed by atoms with E-state index in [1.165, 1.54) is 5.56 Å². The fourth-order valence-corrected chi connectivity index (χ4v) is 1.87. The summed E-state index contributed by atoms with van der Waals surface area (Å²) in [5.74, 6) is 1.48. The van der Waals surface area contributed by atoms with Gasteiger partial charge in [0.25, 0.3) is 0 Å². The molecule has 0 radical (unpaired) electrons. The van der Waals surface area contributed by atoms with Crippen molar-refractivity contribution in [3.05, 3.63) is 29.8 Å². The third kappa shape index (κ3) is 5.62. The summed E-state index contributed by atoms with van der Waals surface area (Å²) in [5, 5.41) is 9.76. The summed E-state index contributed by atoms with van der Waals surface area (Å²) in [4.78, 5) is 0. The summed E-state index contributed by atoms with van der Waals surface area (Å²) in [5.41, 5.74) is 6.04. The van der Waals surface area contributed by atoms with Crippen molar-refractivity contribution in [3.63, 3.8) is 0 Å². The normalized spacial score (nSPS) is 15.8. The van der Waals surface area contributed by atoms with Crippen LogP contribution in [0.5, 0.6) is 5.75 Å². The lowest BCUT2D eigenvalue weighted by atomic mass is 9.99. The molecule has 2 atom stereocenters. The first kappa shape index (κ1) is 16.0. The van der Waals surface area contributed by atoms with Crippen molar-refractivity contribution < 1.29 is 9.84 Å². The number of benzene rings is 1. The van der Waals surface area contributed by atoms with Crippen LogP contribution in [0.4, 0.5) is 0 Å². The molecule has 0 bridgehead atoms.